The predicted molar refractivity (Wildman–Crippen MR) is 109 cm³/mol. The number of hydrogen-bond acceptors (Lipinski definition) is 4. The van der Waals surface area contributed by atoms with Gasteiger partial charge in [0.25, 0.3) is 5.56 Å². The Kier molecular flexibility index (Phi) is 5.44. The minimum Gasteiger partial charge on any atom is -0.477 e. The van der Waals surface area contributed by atoms with E-state index in [2.05, 4.69) is 17.1 Å². The van der Waals surface area contributed by atoms with E-state index in [0.29, 0.717) is 11.1 Å². The van der Waals surface area contributed by atoms with Gasteiger partial charge in [-0.05, 0) is 86.8 Å². The maximum Gasteiger partial charge on any atom is 0.341 e. The molecular formula is C22H28FN3O3. The molecule has 4 rings (SSSR count). The van der Waals surface area contributed by atoms with Gasteiger partial charge in [-0.25, -0.2) is 9.18 Å². The molecule has 2 aliphatic rings. The van der Waals surface area contributed by atoms with Gasteiger partial charge >= 0.3 is 5.97 Å². The maximum atomic E-state index is 15.2. The Morgan fingerprint density at radius 3 is 2.52 bits per heavy atom. The third-order valence-electron chi connectivity index (χ3n) is 6.35. The Morgan fingerprint density at radius 2 is 1.93 bits per heavy atom. The van der Waals surface area contributed by atoms with Gasteiger partial charge in [-0.15, -0.1) is 0 Å². The van der Waals surface area contributed by atoms with Gasteiger partial charge in [0.1, 0.15) is 11.4 Å². The number of carboxylic acids is 1. The van der Waals surface area contributed by atoms with E-state index in [9.17, 15) is 14.7 Å². The van der Waals surface area contributed by atoms with E-state index in [1.54, 1.807) is 0 Å². The summed E-state index contributed by atoms with van der Waals surface area (Å²) in [6.45, 7) is 7.54. The highest BCUT2D eigenvalue weighted by molar-refractivity contribution is 5.88. The summed E-state index contributed by atoms with van der Waals surface area (Å²) in [5, 5.41) is 12.8. The lowest BCUT2D eigenvalue weighted by atomic mass is 9.85. The summed E-state index contributed by atoms with van der Waals surface area (Å²) in [6.07, 6.45) is 4.90. The molecule has 2 aromatic rings. The van der Waals surface area contributed by atoms with Crippen LogP contribution in [0.15, 0.2) is 17.1 Å². The van der Waals surface area contributed by atoms with Gasteiger partial charge in [-0.1, -0.05) is 6.92 Å². The van der Waals surface area contributed by atoms with Crippen molar-refractivity contribution in [2.24, 2.45) is 0 Å². The Hall–Kier alpha value is -2.25. The summed E-state index contributed by atoms with van der Waals surface area (Å²) in [6, 6.07) is 1.52. The molecule has 2 N–H and O–H groups in total. The molecule has 0 spiro atoms. The molecule has 0 radical (unpaired) electrons. The highest BCUT2D eigenvalue weighted by Crippen LogP contribution is 2.44. The van der Waals surface area contributed by atoms with Crippen molar-refractivity contribution in [3.05, 3.63) is 50.7 Å². The lowest BCUT2D eigenvalue weighted by Crippen LogP contribution is -2.39. The number of likely N-dealkylation sites (tertiary alicyclic amines) is 1. The van der Waals surface area contributed by atoms with Gasteiger partial charge in [0.15, 0.2) is 0 Å². The molecule has 29 heavy (non-hydrogen) atoms. The molecule has 2 aromatic heterocycles. The molecule has 1 saturated carbocycles. The second-order valence-electron chi connectivity index (χ2n) is 8.29. The molecule has 0 bridgehead atoms. The number of rotatable bonds is 6. The quantitative estimate of drug-likeness (QED) is 0.778. The smallest absolute Gasteiger partial charge is 0.341 e. The summed E-state index contributed by atoms with van der Waals surface area (Å²) < 4.78 is 16.4. The molecular weight excluding hydrogens is 373 g/mol. The van der Waals surface area contributed by atoms with Gasteiger partial charge in [-0.2, -0.15) is 0 Å². The number of aryl methyl sites for hydroxylation is 1. The highest BCUT2D eigenvalue weighted by atomic mass is 19.1. The first-order valence-corrected chi connectivity index (χ1v) is 10.5. The van der Waals surface area contributed by atoms with Crippen LogP contribution in [-0.2, 0) is 0 Å². The number of halogens is 1. The van der Waals surface area contributed by atoms with Crippen LogP contribution >= 0.6 is 0 Å². The number of aromatic nitrogens is 1. The third kappa shape index (κ3) is 3.69. The fourth-order valence-electron chi connectivity index (χ4n) is 4.68. The average Bonchev–Trinajstić information content (AvgIpc) is 3.53. The normalized spacial score (nSPS) is 18.4. The van der Waals surface area contributed by atoms with Crippen molar-refractivity contribution in [3.63, 3.8) is 0 Å². The lowest BCUT2D eigenvalue weighted by molar-refractivity contribution is 0.0694. The van der Waals surface area contributed by atoms with E-state index in [-0.39, 0.29) is 17.4 Å². The topological polar surface area (TPSA) is 74.0 Å². The van der Waals surface area contributed by atoms with Crippen molar-refractivity contribution in [2.75, 3.05) is 26.3 Å². The first kappa shape index (κ1) is 20.0. The lowest BCUT2D eigenvalue weighted by Gasteiger charge is -2.33. The Bertz CT molecular complexity index is 1000. The first-order valence-electron chi connectivity index (χ1n) is 10.5. The van der Waals surface area contributed by atoms with Crippen LogP contribution in [-0.4, -0.2) is 46.7 Å². The van der Waals surface area contributed by atoms with Crippen LogP contribution in [0, 0.1) is 12.7 Å². The van der Waals surface area contributed by atoms with Crippen LogP contribution in [0.5, 0.6) is 0 Å². The van der Waals surface area contributed by atoms with Gasteiger partial charge in [0.2, 0.25) is 0 Å². The monoisotopic (exact) mass is 401 g/mol. The van der Waals surface area contributed by atoms with E-state index >= 15 is 4.39 Å². The van der Waals surface area contributed by atoms with Crippen molar-refractivity contribution in [1.82, 2.24) is 14.6 Å². The number of fused-ring (bicyclic) bond motifs is 1. The first-order chi connectivity index (χ1) is 13.9. The molecule has 1 aliphatic heterocycles. The fraction of sp³-hybridized carbons (Fsp3) is 0.545. The summed E-state index contributed by atoms with van der Waals surface area (Å²) in [5.74, 6) is -1.31. The molecule has 3 heterocycles. The van der Waals surface area contributed by atoms with E-state index in [1.807, 2.05) is 6.92 Å². The Labute approximate surface area is 169 Å². The van der Waals surface area contributed by atoms with Crippen molar-refractivity contribution in [2.45, 2.75) is 51.4 Å². The molecule has 0 atom stereocenters. The minimum absolute atomic E-state index is 0.110. The van der Waals surface area contributed by atoms with Gasteiger partial charge < -0.3 is 10.4 Å². The third-order valence-corrected chi connectivity index (χ3v) is 6.35. The van der Waals surface area contributed by atoms with Crippen LogP contribution in [0.1, 0.15) is 71.5 Å². The van der Waals surface area contributed by atoms with Gasteiger partial charge in [0.05, 0.1) is 5.52 Å². The second kappa shape index (κ2) is 7.88. The van der Waals surface area contributed by atoms with Crippen LogP contribution < -0.4 is 10.9 Å². The molecule has 7 heteroatoms. The number of hydrogen-bond donors (Lipinski definition) is 2. The molecule has 0 unspecified atom stereocenters. The number of nitrogens with one attached hydrogen (secondary N) is 1. The summed E-state index contributed by atoms with van der Waals surface area (Å²) in [7, 11) is 0. The zero-order valence-electron chi connectivity index (χ0n) is 17.0. The highest BCUT2D eigenvalue weighted by Gasteiger charge is 2.31. The van der Waals surface area contributed by atoms with Crippen molar-refractivity contribution in [1.29, 1.82) is 0 Å². The van der Waals surface area contributed by atoms with Crippen molar-refractivity contribution in [3.8, 4) is 0 Å². The van der Waals surface area contributed by atoms with Crippen molar-refractivity contribution >= 4 is 11.5 Å². The average molecular weight is 401 g/mol. The van der Waals surface area contributed by atoms with E-state index in [0.717, 1.165) is 63.1 Å². The largest absolute Gasteiger partial charge is 0.477 e. The zero-order valence-corrected chi connectivity index (χ0v) is 17.0. The molecule has 6 nitrogen and oxygen atoms in total. The summed E-state index contributed by atoms with van der Waals surface area (Å²) >= 11 is 0. The molecule has 1 saturated heterocycles. The van der Waals surface area contributed by atoms with E-state index in [4.69, 9.17) is 0 Å². The Morgan fingerprint density at radius 1 is 1.24 bits per heavy atom. The zero-order chi connectivity index (χ0) is 20.7. The number of piperidine rings is 1. The van der Waals surface area contributed by atoms with Crippen LogP contribution in [0.3, 0.4) is 0 Å². The number of carboxylic acid groups (broad SMARTS) is 1. The molecule has 0 aromatic carbocycles. The maximum absolute atomic E-state index is 15.2. The molecule has 2 fully saturated rings. The van der Waals surface area contributed by atoms with Crippen LogP contribution in [0.4, 0.5) is 4.39 Å². The Balaban J connectivity index is 1.77. The van der Waals surface area contributed by atoms with Crippen LogP contribution in [0.25, 0.3) is 5.52 Å². The molecule has 0 amide bonds. The number of aromatic carboxylic acids is 1. The minimum atomic E-state index is -1.26. The molecule has 156 valence electrons. The number of carbonyl (C=O) groups is 1. The standard InChI is InChI=1S/C22H28FN3O3/c1-3-24-12-25-8-6-15(7-9-25)19-13(2)20-16(14-4-5-14)10-17(22(28)29)21(27)26(20)11-18(19)23/h10-11,14-15,24H,3-9,12H2,1-2H3,(H,28,29). The van der Waals surface area contributed by atoms with E-state index < -0.39 is 17.3 Å². The second-order valence-corrected chi connectivity index (χ2v) is 8.29. The van der Waals surface area contributed by atoms with Crippen LogP contribution in [0.2, 0.25) is 0 Å². The molecule has 1 aliphatic carbocycles. The van der Waals surface area contributed by atoms with Gasteiger partial charge in [0, 0.05) is 12.9 Å². The fourth-order valence-corrected chi connectivity index (χ4v) is 4.68. The predicted octanol–water partition coefficient (Wildman–Crippen LogP) is 3.07. The van der Waals surface area contributed by atoms with Gasteiger partial charge in [-0.3, -0.25) is 14.1 Å². The van der Waals surface area contributed by atoms with Crippen molar-refractivity contribution < 1.29 is 14.3 Å². The SMILES string of the molecule is CCNCN1CCC(c2c(F)cn3c(=O)c(C(=O)O)cc(C4CC4)c3c2C)CC1. The summed E-state index contributed by atoms with van der Waals surface area (Å²) in [5.41, 5.74) is 2.10. The number of nitrogens with zero attached hydrogens (tertiary/aromatic N) is 2. The van der Waals surface area contributed by atoms with E-state index in [1.165, 1.54) is 16.7 Å². The summed E-state index contributed by atoms with van der Waals surface area (Å²) in [4.78, 5) is 26.6. The number of pyridine rings is 2.